The van der Waals surface area contributed by atoms with Crippen LogP contribution in [-0.4, -0.2) is 59.6 Å². The minimum Gasteiger partial charge on any atom is -0.481 e. The van der Waals surface area contributed by atoms with Gasteiger partial charge in [0.05, 0.1) is 19.1 Å². The number of carboxylic acid groups (broad SMARTS) is 1. The third-order valence-corrected chi connectivity index (χ3v) is 3.25. The van der Waals surface area contributed by atoms with Crippen molar-refractivity contribution in [3.63, 3.8) is 0 Å². The van der Waals surface area contributed by atoms with Gasteiger partial charge in [0.15, 0.2) is 0 Å². The molecule has 0 spiro atoms. The van der Waals surface area contributed by atoms with Crippen LogP contribution in [0.2, 0.25) is 0 Å². The molecular weight excluding hydrogens is 276 g/mol. The SMILES string of the molecule is CC(NC(=O)C(C)(C)C)C(=O)N1CCOC(CC(=O)O)C1. The summed E-state index contributed by atoms with van der Waals surface area (Å²) in [6, 6.07) is -0.639. The van der Waals surface area contributed by atoms with Gasteiger partial charge in [0.25, 0.3) is 0 Å². The highest BCUT2D eigenvalue weighted by Crippen LogP contribution is 2.14. The summed E-state index contributed by atoms with van der Waals surface area (Å²) in [5.41, 5.74) is -0.564. The molecule has 1 rings (SSSR count). The van der Waals surface area contributed by atoms with Crippen LogP contribution in [0.4, 0.5) is 0 Å². The van der Waals surface area contributed by atoms with Crippen molar-refractivity contribution in [3.8, 4) is 0 Å². The molecule has 1 fully saturated rings. The zero-order chi connectivity index (χ0) is 16.2. The Morgan fingerprint density at radius 2 is 2.00 bits per heavy atom. The lowest BCUT2D eigenvalue weighted by Crippen LogP contribution is -2.54. The Kier molecular flexibility index (Phi) is 5.71. The third-order valence-electron chi connectivity index (χ3n) is 3.25. The van der Waals surface area contributed by atoms with Crippen LogP contribution in [-0.2, 0) is 19.1 Å². The summed E-state index contributed by atoms with van der Waals surface area (Å²) >= 11 is 0. The Morgan fingerprint density at radius 1 is 1.38 bits per heavy atom. The molecule has 7 heteroatoms. The lowest BCUT2D eigenvalue weighted by atomic mass is 9.95. The predicted octanol–water partition coefficient (Wildman–Crippen LogP) is 0.239. The molecule has 0 aromatic heterocycles. The lowest BCUT2D eigenvalue weighted by Gasteiger charge is -2.34. The predicted molar refractivity (Wildman–Crippen MR) is 75.6 cm³/mol. The number of carbonyl (C=O) groups excluding carboxylic acids is 2. The zero-order valence-corrected chi connectivity index (χ0v) is 13.0. The van der Waals surface area contributed by atoms with E-state index in [0.29, 0.717) is 13.2 Å². The first-order chi connectivity index (χ1) is 9.61. The number of aliphatic carboxylic acids is 1. The monoisotopic (exact) mass is 300 g/mol. The first-order valence-corrected chi connectivity index (χ1v) is 7.04. The van der Waals surface area contributed by atoms with Gasteiger partial charge in [-0.05, 0) is 6.92 Å². The topological polar surface area (TPSA) is 95.9 Å². The van der Waals surface area contributed by atoms with Crippen LogP contribution in [0.1, 0.15) is 34.1 Å². The fourth-order valence-corrected chi connectivity index (χ4v) is 1.99. The summed E-state index contributed by atoms with van der Waals surface area (Å²) in [5.74, 6) is -1.37. The van der Waals surface area contributed by atoms with E-state index in [1.54, 1.807) is 32.6 Å². The van der Waals surface area contributed by atoms with Crippen LogP contribution in [0.5, 0.6) is 0 Å². The number of nitrogens with zero attached hydrogens (tertiary/aromatic N) is 1. The molecule has 1 aliphatic rings. The van der Waals surface area contributed by atoms with Gasteiger partial charge in [-0.3, -0.25) is 14.4 Å². The van der Waals surface area contributed by atoms with Crippen molar-refractivity contribution in [2.75, 3.05) is 19.7 Å². The maximum atomic E-state index is 12.3. The molecule has 1 heterocycles. The second-order valence-corrected chi connectivity index (χ2v) is 6.32. The maximum Gasteiger partial charge on any atom is 0.306 e. The molecule has 0 aliphatic carbocycles. The van der Waals surface area contributed by atoms with Gasteiger partial charge in [-0.2, -0.15) is 0 Å². The van der Waals surface area contributed by atoms with Gasteiger partial charge in [-0.15, -0.1) is 0 Å². The van der Waals surface area contributed by atoms with Gasteiger partial charge < -0.3 is 20.1 Å². The highest BCUT2D eigenvalue weighted by atomic mass is 16.5. The fourth-order valence-electron chi connectivity index (χ4n) is 1.99. The maximum absolute atomic E-state index is 12.3. The first kappa shape index (κ1) is 17.4. The summed E-state index contributed by atoms with van der Waals surface area (Å²) in [6.07, 6.45) is -0.627. The molecule has 0 radical (unpaired) electrons. The molecule has 2 N–H and O–H groups in total. The quantitative estimate of drug-likeness (QED) is 0.775. The van der Waals surface area contributed by atoms with Gasteiger partial charge in [0, 0.05) is 18.5 Å². The Labute approximate surface area is 124 Å². The van der Waals surface area contributed by atoms with Crippen LogP contribution in [0.15, 0.2) is 0 Å². The Morgan fingerprint density at radius 3 is 2.52 bits per heavy atom. The van der Waals surface area contributed by atoms with E-state index in [1.807, 2.05) is 0 Å². The summed E-state index contributed by atoms with van der Waals surface area (Å²) in [6.45, 7) is 7.91. The molecule has 2 unspecified atom stereocenters. The Hall–Kier alpha value is -1.63. The molecular formula is C14H24N2O5. The second kappa shape index (κ2) is 6.89. The lowest BCUT2D eigenvalue weighted by molar-refractivity contribution is -0.149. The Bertz CT molecular complexity index is 416. The first-order valence-electron chi connectivity index (χ1n) is 7.04. The number of amides is 2. The van der Waals surface area contributed by atoms with Gasteiger partial charge in [0.2, 0.25) is 11.8 Å². The van der Waals surface area contributed by atoms with E-state index in [4.69, 9.17) is 9.84 Å². The number of carboxylic acids is 1. The van der Waals surface area contributed by atoms with Crippen molar-refractivity contribution in [1.29, 1.82) is 0 Å². The number of ether oxygens (including phenoxy) is 1. The van der Waals surface area contributed by atoms with Crippen molar-refractivity contribution in [1.82, 2.24) is 10.2 Å². The van der Waals surface area contributed by atoms with E-state index >= 15 is 0 Å². The van der Waals surface area contributed by atoms with Gasteiger partial charge in [-0.1, -0.05) is 20.8 Å². The number of hydrogen-bond donors (Lipinski definition) is 2. The summed E-state index contributed by atoms with van der Waals surface area (Å²) < 4.78 is 5.32. The van der Waals surface area contributed by atoms with Crippen LogP contribution < -0.4 is 5.32 Å². The highest BCUT2D eigenvalue weighted by molar-refractivity contribution is 5.89. The van der Waals surface area contributed by atoms with E-state index in [2.05, 4.69) is 5.32 Å². The van der Waals surface area contributed by atoms with Crippen molar-refractivity contribution >= 4 is 17.8 Å². The van der Waals surface area contributed by atoms with E-state index in [-0.39, 0.29) is 24.8 Å². The van der Waals surface area contributed by atoms with E-state index in [9.17, 15) is 14.4 Å². The summed E-state index contributed by atoms with van der Waals surface area (Å²) in [7, 11) is 0. The van der Waals surface area contributed by atoms with Crippen LogP contribution in [0.25, 0.3) is 0 Å². The average Bonchev–Trinajstić information content (AvgIpc) is 2.36. The molecule has 1 aliphatic heterocycles. The van der Waals surface area contributed by atoms with Gasteiger partial charge >= 0.3 is 5.97 Å². The molecule has 0 bridgehead atoms. The molecule has 2 atom stereocenters. The molecule has 0 aromatic carbocycles. The smallest absolute Gasteiger partial charge is 0.306 e. The van der Waals surface area contributed by atoms with Crippen molar-refractivity contribution < 1.29 is 24.2 Å². The summed E-state index contributed by atoms with van der Waals surface area (Å²) in [5, 5.41) is 11.5. The number of rotatable bonds is 4. The van der Waals surface area contributed by atoms with E-state index in [0.717, 1.165) is 0 Å². The number of morpholine rings is 1. The van der Waals surface area contributed by atoms with Crippen molar-refractivity contribution in [2.45, 2.75) is 46.3 Å². The van der Waals surface area contributed by atoms with Crippen LogP contribution in [0.3, 0.4) is 0 Å². The van der Waals surface area contributed by atoms with Gasteiger partial charge in [-0.25, -0.2) is 0 Å². The molecule has 0 saturated carbocycles. The van der Waals surface area contributed by atoms with Crippen molar-refractivity contribution in [2.24, 2.45) is 5.41 Å². The molecule has 21 heavy (non-hydrogen) atoms. The molecule has 0 aromatic rings. The standard InChI is InChI=1S/C14H24N2O5/c1-9(15-13(20)14(2,3)4)12(19)16-5-6-21-10(8-16)7-11(17)18/h9-10H,5-8H2,1-4H3,(H,15,20)(H,17,18). The van der Waals surface area contributed by atoms with Crippen molar-refractivity contribution in [3.05, 3.63) is 0 Å². The minimum absolute atomic E-state index is 0.132. The Balaban J connectivity index is 2.57. The van der Waals surface area contributed by atoms with Crippen LogP contribution in [0, 0.1) is 5.41 Å². The fraction of sp³-hybridized carbons (Fsp3) is 0.786. The number of nitrogens with one attached hydrogen (secondary N) is 1. The van der Waals surface area contributed by atoms with E-state index in [1.165, 1.54) is 0 Å². The molecule has 1 saturated heterocycles. The largest absolute Gasteiger partial charge is 0.481 e. The summed E-state index contributed by atoms with van der Waals surface area (Å²) in [4.78, 5) is 36.4. The third kappa shape index (κ3) is 5.34. The number of hydrogen-bond acceptors (Lipinski definition) is 4. The van der Waals surface area contributed by atoms with E-state index < -0.39 is 23.5 Å². The molecule has 2 amide bonds. The minimum atomic E-state index is -0.955. The zero-order valence-electron chi connectivity index (χ0n) is 13.0. The normalized spacial score (nSPS) is 20.8. The highest BCUT2D eigenvalue weighted by Gasteiger charge is 2.31. The second-order valence-electron chi connectivity index (χ2n) is 6.32. The average molecular weight is 300 g/mol. The van der Waals surface area contributed by atoms with Gasteiger partial charge in [0.1, 0.15) is 6.04 Å². The number of carbonyl (C=O) groups is 3. The molecule has 7 nitrogen and oxygen atoms in total. The molecule has 120 valence electrons. The van der Waals surface area contributed by atoms with Crippen LogP contribution >= 0.6 is 0 Å².